The Labute approximate surface area is 150 Å². The summed E-state index contributed by atoms with van der Waals surface area (Å²) < 4.78 is 22.2. The Hall–Kier alpha value is -2.24. The molecule has 0 N–H and O–H groups in total. The number of carbonyl (C=O) groups is 1. The van der Waals surface area contributed by atoms with Crippen LogP contribution in [0.15, 0.2) is 59.5 Å². The largest absolute Gasteiger partial charge is 0.768 e. The maximum atomic E-state index is 12.5. The van der Waals surface area contributed by atoms with Crippen molar-refractivity contribution in [2.75, 3.05) is 13.1 Å². The minimum Gasteiger partial charge on any atom is -0.768 e. The van der Waals surface area contributed by atoms with Crippen LogP contribution in [0.1, 0.15) is 30.9 Å². The zero-order chi connectivity index (χ0) is 17.8. The van der Waals surface area contributed by atoms with Crippen molar-refractivity contribution in [1.29, 1.82) is 0 Å². The summed E-state index contributed by atoms with van der Waals surface area (Å²) in [4.78, 5) is 15.0. The zero-order valence-electron chi connectivity index (χ0n) is 14.1. The third kappa shape index (κ3) is 3.89. The molecule has 130 valence electrons. The van der Waals surface area contributed by atoms with Crippen LogP contribution in [-0.4, -0.2) is 32.5 Å². The van der Waals surface area contributed by atoms with Crippen molar-refractivity contribution in [2.45, 2.75) is 24.7 Å². The van der Waals surface area contributed by atoms with E-state index in [-0.39, 0.29) is 10.7 Å². The summed E-state index contributed by atoms with van der Waals surface area (Å²) in [6.45, 7) is 3.40. The van der Waals surface area contributed by atoms with Gasteiger partial charge in [-0.1, -0.05) is 42.5 Å². The zero-order valence-corrected chi connectivity index (χ0v) is 14.9. The number of hydrogen-bond acceptors (Lipinski definition) is 4. The van der Waals surface area contributed by atoms with Gasteiger partial charge in [0.1, 0.15) is 0 Å². The lowest BCUT2D eigenvalue weighted by atomic mass is 9.95. The molecule has 1 aliphatic rings. The number of allylic oxidation sites excluding steroid dienone is 1. The molecule has 2 aromatic carbocycles. The number of likely N-dealkylation sites (tertiary alicyclic amines) is 1. The second-order valence-corrected chi connectivity index (χ2v) is 7.04. The number of rotatable bonds is 5. The third-order valence-electron chi connectivity index (χ3n) is 4.39. The van der Waals surface area contributed by atoms with Crippen LogP contribution in [0.25, 0.3) is 11.3 Å². The maximum absolute atomic E-state index is 12.5. The molecular formula is C20H20NO3S-. The Morgan fingerprint density at radius 2 is 1.56 bits per heavy atom. The molecule has 0 amide bonds. The van der Waals surface area contributed by atoms with Crippen LogP contribution in [0.3, 0.4) is 0 Å². The average molecular weight is 354 g/mol. The SMILES string of the molecule is CC(=O)C(=C(c1ccccc1)N1CCCC1)c1ccc(S(=O)[O-])cc1. The molecule has 1 saturated heterocycles. The molecule has 1 heterocycles. The van der Waals surface area contributed by atoms with Gasteiger partial charge < -0.3 is 9.45 Å². The highest BCUT2D eigenvalue weighted by Crippen LogP contribution is 2.32. The van der Waals surface area contributed by atoms with E-state index in [4.69, 9.17) is 0 Å². The van der Waals surface area contributed by atoms with Gasteiger partial charge in [-0.3, -0.25) is 9.00 Å². The molecule has 1 atom stereocenters. The van der Waals surface area contributed by atoms with E-state index in [0.29, 0.717) is 5.57 Å². The topological polar surface area (TPSA) is 60.4 Å². The highest BCUT2D eigenvalue weighted by Gasteiger charge is 2.23. The predicted octanol–water partition coefficient (Wildman–Crippen LogP) is 3.48. The molecule has 0 bridgehead atoms. The van der Waals surface area contributed by atoms with Gasteiger partial charge in [-0.05, 0) is 54.1 Å². The fourth-order valence-corrected chi connectivity index (χ4v) is 3.62. The van der Waals surface area contributed by atoms with E-state index in [1.54, 1.807) is 19.1 Å². The van der Waals surface area contributed by atoms with Crippen LogP contribution >= 0.6 is 0 Å². The predicted molar refractivity (Wildman–Crippen MR) is 98.4 cm³/mol. The average Bonchev–Trinajstić information content (AvgIpc) is 3.14. The lowest BCUT2D eigenvalue weighted by Crippen LogP contribution is -2.20. The Bertz CT molecular complexity index is 807. The van der Waals surface area contributed by atoms with Crippen molar-refractivity contribution < 1.29 is 13.6 Å². The van der Waals surface area contributed by atoms with Gasteiger partial charge >= 0.3 is 0 Å². The number of carbonyl (C=O) groups excluding carboxylic acids is 1. The van der Waals surface area contributed by atoms with Crippen LogP contribution < -0.4 is 0 Å². The number of benzene rings is 2. The van der Waals surface area contributed by atoms with Gasteiger partial charge in [0.05, 0.1) is 5.70 Å². The number of ketones is 1. The highest BCUT2D eigenvalue weighted by atomic mass is 32.2. The summed E-state index contributed by atoms with van der Waals surface area (Å²) in [7, 11) is 0. The van der Waals surface area contributed by atoms with Crippen molar-refractivity contribution in [3.05, 3.63) is 65.7 Å². The molecule has 1 unspecified atom stereocenters. The Kier molecular flexibility index (Phi) is 5.46. The maximum Gasteiger partial charge on any atom is 0.162 e. The molecule has 5 heteroatoms. The minimum atomic E-state index is -2.27. The summed E-state index contributed by atoms with van der Waals surface area (Å²) in [6, 6.07) is 16.4. The van der Waals surface area contributed by atoms with Crippen molar-refractivity contribution in [1.82, 2.24) is 4.90 Å². The molecule has 0 aromatic heterocycles. The number of nitrogens with zero attached hydrogens (tertiary/aromatic N) is 1. The van der Waals surface area contributed by atoms with E-state index in [1.165, 1.54) is 12.1 Å². The Balaban J connectivity index is 2.18. The Morgan fingerprint density at radius 3 is 2.08 bits per heavy atom. The molecule has 2 aromatic rings. The first-order valence-corrected chi connectivity index (χ1v) is 9.40. The molecule has 3 rings (SSSR count). The second kappa shape index (κ2) is 7.76. The van der Waals surface area contributed by atoms with Crippen molar-refractivity contribution in [2.24, 2.45) is 0 Å². The van der Waals surface area contributed by atoms with E-state index >= 15 is 0 Å². The summed E-state index contributed by atoms with van der Waals surface area (Å²) in [5.41, 5.74) is 3.32. The van der Waals surface area contributed by atoms with E-state index in [9.17, 15) is 13.6 Å². The van der Waals surface area contributed by atoms with Gasteiger partial charge in [-0.15, -0.1) is 0 Å². The van der Waals surface area contributed by atoms with E-state index in [1.807, 2.05) is 30.3 Å². The molecule has 0 radical (unpaired) electrons. The molecule has 0 saturated carbocycles. The first-order valence-electron chi connectivity index (χ1n) is 8.33. The van der Waals surface area contributed by atoms with Gasteiger partial charge in [-0.2, -0.15) is 0 Å². The quantitative estimate of drug-likeness (QED) is 0.469. The van der Waals surface area contributed by atoms with Crippen molar-refractivity contribution in [3.8, 4) is 0 Å². The fourth-order valence-electron chi connectivity index (χ4n) is 3.26. The first kappa shape index (κ1) is 17.6. The van der Waals surface area contributed by atoms with Crippen LogP contribution in [0.4, 0.5) is 0 Å². The van der Waals surface area contributed by atoms with Gasteiger partial charge in [0.25, 0.3) is 0 Å². The van der Waals surface area contributed by atoms with E-state index < -0.39 is 11.1 Å². The van der Waals surface area contributed by atoms with E-state index in [2.05, 4.69) is 4.90 Å². The van der Waals surface area contributed by atoms with Crippen LogP contribution in [0.2, 0.25) is 0 Å². The summed E-state index contributed by atoms with van der Waals surface area (Å²) >= 11 is -2.27. The second-order valence-electron chi connectivity index (χ2n) is 6.10. The molecule has 1 fully saturated rings. The van der Waals surface area contributed by atoms with Crippen LogP contribution in [-0.2, 0) is 15.9 Å². The summed E-state index contributed by atoms with van der Waals surface area (Å²) in [6.07, 6.45) is 2.21. The lowest BCUT2D eigenvalue weighted by molar-refractivity contribution is -0.111. The van der Waals surface area contributed by atoms with E-state index in [0.717, 1.165) is 42.8 Å². The normalized spacial score (nSPS) is 16.5. The molecule has 0 spiro atoms. The van der Waals surface area contributed by atoms with Crippen molar-refractivity contribution in [3.63, 3.8) is 0 Å². The van der Waals surface area contributed by atoms with Crippen LogP contribution in [0, 0.1) is 0 Å². The summed E-state index contributed by atoms with van der Waals surface area (Å²) in [5, 5.41) is 0. The number of hydrogen-bond donors (Lipinski definition) is 0. The Morgan fingerprint density at radius 1 is 0.960 bits per heavy atom. The van der Waals surface area contributed by atoms with Gasteiger partial charge in [-0.25, -0.2) is 0 Å². The van der Waals surface area contributed by atoms with Gasteiger partial charge in [0, 0.05) is 23.6 Å². The summed E-state index contributed by atoms with van der Waals surface area (Å²) in [5.74, 6) is -0.0262. The molecular weight excluding hydrogens is 334 g/mol. The van der Waals surface area contributed by atoms with Crippen molar-refractivity contribution >= 4 is 28.1 Å². The lowest BCUT2D eigenvalue weighted by Gasteiger charge is -2.25. The molecule has 1 aliphatic heterocycles. The smallest absolute Gasteiger partial charge is 0.162 e. The first-order chi connectivity index (χ1) is 12.1. The molecule has 4 nitrogen and oxygen atoms in total. The van der Waals surface area contributed by atoms with Gasteiger partial charge in [0.15, 0.2) is 5.78 Å². The van der Waals surface area contributed by atoms with Gasteiger partial charge in [0.2, 0.25) is 0 Å². The fraction of sp³-hybridized carbons (Fsp3) is 0.250. The number of Topliss-reactive ketones (excluding diaryl/α,β-unsaturated/α-hetero) is 1. The monoisotopic (exact) mass is 354 g/mol. The highest BCUT2D eigenvalue weighted by molar-refractivity contribution is 7.79. The molecule has 25 heavy (non-hydrogen) atoms. The minimum absolute atomic E-state index is 0.0262. The standard InChI is InChI=1S/C20H21NO3S/c1-15(22)19(16-9-11-18(12-10-16)25(23)24)20(21-13-5-6-14-21)17-7-3-2-4-8-17/h2-4,7-12H,5-6,13-14H2,1H3,(H,23,24)/p-1. The molecule has 0 aliphatic carbocycles. The van der Waals surface area contributed by atoms with Crippen LogP contribution in [0.5, 0.6) is 0 Å². The third-order valence-corrected chi connectivity index (χ3v) is 5.05.